The van der Waals surface area contributed by atoms with Crippen molar-refractivity contribution in [2.75, 3.05) is 10.9 Å². The number of hydrazine groups is 2. The fourth-order valence-electron chi connectivity index (χ4n) is 7.38. The molecule has 0 aromatic heterocycles. The molecule has 3 heterocycles. The Balaban J connectivity index is 1.43. The molecule has 0 saturated carbocycles. The second kappa shape index (κ2) is 12.1. The third-order valence-electron chi connectivity index (χ3n) is 9.47. The highest BCUT2D eigenvalue weighted by Crippen LogP contribution is 2.56. The number of hydrogen-bond donors (Lipinski definition) is 2. The third kappa shape index (κ3) is 4.91. The summed E-state index contributed by atoms with van der Waals surface area (Å²) in [5, 5.41) is 5.26. The zero-order valence-electron chi connectivity index (χ0n) is 27.2. The van der Waals surface area contributed by atoms with Crippen molar-refractivity contribution in [3.8, 4) is 0 Å². The second-order valence-corrected chi connectivity index (χ2v) is 18.2. The maximum absolute atomic E-state index is 3.92. The van der Waals surface area contributed by atoms with Crippen molar-refractivity contribution in [3.05, 3.63) is 191 Å². The van der Waals surface area contributed by atoms with E-state index < -0.39 is 8.07 Å². The van der Waals surface area contributed by atoms with Gasteiger partial charge < -0.3 is 0 Å². The summed E-state index contributed by atoms with van der Waals surface area (Å²) >= 11 is 3.58. The van der Waals surface area contributed by atoms with Gasteiger partial charge in [-0.2, -0.15) is 0 Å². The summed E-state index contributed by atoms with van der Waals surface area (Å²) in [4.78, 5) is 2.45. The van der Waals surface area contributed by atoms with Gasteiger partial charge in [-0.15, -0.1) is 0 Å². The molecule has 49 heavy (non-hydrogen) atoms. The van der Waals surface area contributed by atoms with Crippen LogP contribution in [0.2, 0.25) is 0 Å². The predicted octanol–water partition coefficient (Wildman–Crippen LogP) is 9.48. The Morgan fingerprint density at radius 2 is 0.816 bits per heavy atom. The van der Waals surface area contributed by atoms with Crippen LogP contribution in [-0.2, 0) is 0 Å². The zero-order chi connectivity index (χ0) is 33.0. The molecule has 0 unspecified atom stereocenters. The van der Waals surface area contributed by atoms with Crippen LogP contribution in [0.25, 0.3) is 11.1 Å². The van der Waals surface area contributed by atoms with Crippen molar-refractivity contribution in [1.29, 1.82) is 0 Å². The first-order valence-corrected chi connectivity index (χ1v) is 20.1. The lowest BCUT2D eigenvalue weighted by Crippen LogP contribution is -2.65. The molecule has 0 saturated heterocycles. The van der Waals surface area contributed by atoms with E-state index in [4.69, 9.17) is 0 Å². The van der Waals surface area contributed by atoms with Crippen LogP contribution < -0.4 is 21.2 Å². The van der Waals surface area contributed by atoms with Gasteiger partial charge in [-0.25, -0.2) is 8.83 Å². The molecular weight excluding hydrogens is 653 g/mol. The van der Waals surface area contributed by atoms with E-state index in [2.05, 4.69) is 191 Å². The molecule has 6 aromatic rings. The molecule has 0 bridgehead atoms. The number of rotatable bonds is 6. The molecule has 0 aliphatic carbocycles. The van der Waals surface area contributed by atoms with Gasteiger partial charge in [0.05, 0.1) is 31.8 Å². The average molecular weight is 687 g/mol. The molecule has 9 rings (SSSR count). The van der Waals surface area contributed by atoms with E-state index in [1.54, 1.807) is 23.9 Å². The number of nitrogens with one attached hydrogen (secondary N) is 2. The molecule has 0 atom stereocenters. The molecular formula is C42H34N4S2Si. The second-order valence-electron chi connectivity index (χ2n) is 12.7. The summed E-state index contributed by atoms with van der Waals surface area (Å²) in [5.41, 5.74) is 17.5. The van der Waals surface area contributed by atoms with Gasteiger partial charge in [-0.1, -0.05) is 133 Å². The molecule has 0 spiro atoms. The van der Waals surface area contributed by atoms with Crippen LogP contribution in [0.1, 0.15) is 22.3 Å². The Kier molecular flexibility index (Phi) is 7.42. The largest absolute Gasteiger partial charge is 0.287 e. The lowest BCUT2D eigenvalue weighted by molar-refractivity contribution is 0.726. The van der Waals surface area contributed by atoms with Gasteiger partial charge in [-0.05, 0) is 70.7 Å². The molecule has 6 aromatic carbocycles. The number of fused-ring (bicyclic) bond motifs is 2. The van der Waals surface area contributed by atoms with E-state index in [1.165, 1.54) is 64.2 Å². The van der Waals surface area contributed by atoms with Crippen molar-refractivity contribution in [3.63, 3.8) is 0 Å². The lowest BCUT2D eigenvalue weighted by Gasteiger charge is -2.40. The standard InChI is InChI=1S/C42H34N4S2Si/c1-29-23-25-37-35(27-29)43-45(47-37)41-39(31-15-7-3-8-16-31)40(32-17-9-4-10-18-32)42(46-44-36-28-30(2)24-26-38(36)48-46)49(41,33-19-11-5-12-20-33)34-21-13-6-14-22-34/h3-28,43-44H,1-2H3. The molecule has 0 fully saturated rings. The van der Waals surface area contributed by atoms with E-state index in [0.29, 0.717) is 0 Å². The molecule has 2 N–H and O–H groups in total. The Labute approximate surface area is 297 Å². The third-order valence-corrected chi connectivity index (χ3v) is 16.6. The van der Waals surface area contributed by atoms with Gasteiger partial charge in [0.1, 0.15) is 0 Å². The first-order valence-electron chi connectivity index (χ1n) is 16.5. The molecule has 4 nitrogen and oxygen atoms in total. The van der Waals surface area contributed by atoms with Crippen molar-refractivity contribution in [2.45, 2.75) is 23.6 Å². The molecule has 0 radical (unpaired) electrons. The summed E-state index contributed by atoms with van der Waals surface area (Å²) in [6, 6.07) is 57.9. The van der Waals surface area contributed by atoms with Gasteiger partial charge in [0.25, 0.3) is 0 Å². The fourth-order valence-corrected chi connectivity index (χ4v) is 15.2. The maximum Gasteiger partial charge on any atom is 0.226 e. The highest BCUT2D eigenvalue weighted by molar-refractivity contribution is 7.98. The van der Waals surface area contributed by atoms with Crippen LogP contribution in [0.15, 0.2) is 178 Å². The van der Waals surface area contributed by atoms with Gasteiger partial charge in [0.2, 0.25) is 8.07 Å². The quantitative estimate of drug-likeness (QED) is 0.134. The van der Waals surface area contributed by atoms with Crippen LogP contribution >= 0.6 is 23.9 Å². The number of hydrogen-bond acceptors (Lipinski definition) is 6. The summed E-state index contributed by atoms with van der Waals surface area (Å²) in [6.07, 6.45) is 0. The Hall–Kier alpha value is -5.08. The van der Waals surface area contributed by atoms with Crippen LogP contribution in [0.4, 0.5) is 11.4 Å². The van der Waals surface area contributed by atoms with Gasteiger partial charge in [0, 0.05) is 35.0 Å². The summed E-state index contributed by atoms with van der Waals surface area (Å²) in [7, 11) is -3.13. The van der Waals surface area contributed by atoms with Crippen molar-refractivity contribution < 1.29 is 0 Å². The SMILES string of the molecule is Cc1ccc2c(c1)NN(C1=C(c3ccccc3)C(c3ccccc3)=C(N3Nc4cc(C)ccc4S3)[Si]1(c1ccccc1)c1ccccc1)S2. The number of benzene rings is 6. The van der Waals surface area contributed by atoms with Crippen LogP contribution in [-0.4, -0.2) is 16.9 Å². The first kappa shape index (κ1) is 30.0. The van der Waals surface area contributed by atoms with E-state index in [0.717, 1.165) is 11.4 Å². The van der Waals surface area contributed by atoms with Gasteiger partial charge >= 0.3 is 0 Å². The first-order chi connectivity index (χ1) is 24.1. The Morgan fingerprint density at radius 3 is 1.20 bits per heavy atom. The van der Waals surface area contributed by atoms with Crippen LogP contribution in [0.5, 0.6) is 0 Å². The number of allylic oxidation sites excluding steroid dienone is 2. The van der Waals surface area contributed by atoms with Gasteiger partial charge in [-0.3, -0.25) is 10.9 Å². The number of nitrogens with zero attached hydrogens (tertiary/aromatic N) is 2. The molecule has 0 amide bonds. The Bertz CT molecular complexity index is 2090. The van der Waals surface area contributed by atoms with Crippen LogP contribution in [0, 0.1) is 13.8 Å². The van der Waals surface area contributed by atoms with Crippen molar-refractivity contribution >= 4 is 64.9 Å². The topological polar surface area (TPSA) is 30.5 Å². The fraction of sp³-hybridized carbons (Fsp3) is 0.0476. The minimum absolute atomic E-state index is 1.14. The Morgan fingerprint density at radius 1 is 0.449 bits per heavy atom. The zero-order valence-corrected chi connectivity index (χ0v) is 29.9. The highest BCUT2D eigenvalue weighted by Gasteiger charge is 2.58. The minimum atomic E-state index is -3.13. The van der Waals surface area contributed by atoms with E-state index >= 15 is 0 Å². The van der Waals surface area contributed by atoms with E-state index in [1.807, 2.05) is 0 Å². The lowest BCUT2D eigenvalue weighted by atomic mass is 9.94. The molecule has 3 aliphatic rings. The summed E-state index contributed by atoms with van der Waals surface area (Å²) < 4.78 is 4.79. The number of aryl methyl sites for hydroxylation is 2. The van der Waals surface area contributed by atoms with Crippen molar-refractivity contribution in [1.82, 2.24) is 8.83 Å². The van der Waals surface area contributed by atoms with Crippen molar-refractivity contribution in [2.24, 2.45) is 0 Å². The van der Waals surface area contributed by atoms with E-state index in [-0.39, 0.29) is 0 Å². The van der Waals surface area contributed by atoms with Crippen LogP contribution in [0.3, 0.4) is 0 Å². The minimum Gasteiger partial charge on any atom is -0.287 e. The number of anilines is 2. The van der Waals surface area contributed by atoms with Gasteiger partial charge in [0.15, 0.2) is 0 Å². The smallest absolute Gasteiger partial charge is 0.226 e. The summed E-state index contributed by atoms with van der Waals surface area (Å²) in [6.45, 7) is 4.32. The highest BCUT2D eigenvalue weighted by atomic mass is 32.2. The summed E-state index contributed by atoms with van der Waals surface area (Å²) in [5.74, 6) is 0. The van der Waals surface area contributed by atoms with E-state index in [9.17, 15) is 0 Å². The normalized spacial score (nSPS) is 16.0. The molecule has 3 aliphatic heterocycles. The molecule has 238 valence electrons. The average Bonchev–Trinajstić information content (AvgIpc) is 3.85. The molecule has 7 heteroatoms. The monoisotopic (exact) mass is 686 g/mol. The predicted molar refractivity (Wildman–Crippen MR) is 210 cm³/mol. The maximum atomic E-state index is 3.92.